The molecule has 2 rings (SSSR count). The van der Waals surface area contributed by atoms with Gasteiger partial charge in [0.15, 0.2) is 0 Å². The van der Waals surface area contributed by atoms with Crippen molar-refractivity contribution in [1.29, 1.82) is 0 Å². The van der Waals surface area contributed by atoms with E-state index in [0.29, 0.717) is 12.6 Å². The van der Waals surface area contributed by atoms with Crippen LogP contribution in [0.15, 0.2) is 24.3 Å². The fraction of sp³-hybridized carbons (Fsp3) is 0.533. The van der Waals surface area contributed by atoms with Gasteiger partial charge in [0, 0.05) is 37.7 Å². The third-order valence-corrected chi connectivity index (χ3v) is 3.89. The van der Waals surface area contributed by atoms with Gasteiger partial charge in [0.05, 0.1) is 4.92 Å². The highest BCUT2D eigenvalue weighted by molar-refractivity contribution is 5.78. The van der Waals surface area contributed by atoms with Gasteiger partial charge < -0.3 is 10.2 Å². The number of benzene rings is 1. The van der Waals surface area contributed by atoms with E-state index in [2.05, 4.69) is 12.2 Å². The van der Waals surface area contributed by atoms with Crippen molar-refractivity contribution in [2.75, 3.05) is 13.6 Å². The van der Waals surface area contributed by atoms with Crippen LogP contribution in [0.25, 0.3) is 0 Å². The first-order valence-electron chi connectivity index (χ1n) is 7.19. The molecule has 1 aromatic carbocycles. The first-order valence-corrected chi connectivity index (χ1v) is 7.19. The molecule has 1 saturated heterocycles. The molecule has 0 radical (unpaired) electrons. The van der Waals surface area contributed by atoms with E-state index >= 15 is 0 Å². The largest absolute Gasteiger partial charge is 0.341 e. The zero-order valence-electron chi connectivity index (χ0n) is 12.4. The van der Waals surface area contributed by atoms with E-state index in [1.165, 1.54) is 12.1 Å². The average Bonchev–Trinajstić information content (AvgIpc) is 2.46. The molecule has 1 aliphatic heterocycles. The fourth-order valence-electron chi connectivity index (χ4n) is 2.79. The highest BCUT2D eigenvalue weighted by Crippen LogP contribution is 2.20. The minimum Gasteiger partial charge on any atom is -0.341 e. The Morgan fingerprint density at radius 2 is 2.29 bits per heavy atom. The molecule has 1 N–H and O–H groups in total. The van der Waals surface area contributed by atoms with Gasteiger partial charge in [-0.05, 0) is 31.9 Å². The Hall–Kier alpha value is -1.95. The van der Waals surface area contributed by atoms with Crippen molar-refractivity contribution in [3.05, 3.63) is 39.9 Å². The highest BCUT2D eigenvalue weighted by atomic mass is 16.6. The molecule has 21 heavy (non-hydrogen) atoms. The molecule has 1 heterocycles. The maximum Gasteiger partial charge on any atom is 0.269 e. The van der Waals surface area contributed by atoms with Gasteiger partial charge in [0.1, 0.15) is 0 Å². The standard InChI is InChI=1S/C15H21N3O3/c1-11-8-13(6-7-16-11)15(19)17(2)10-12-4-3-5-14(9-12)18(20)21/h3-5,9,11,13,16H,6-8,10H2,1-2H3. The Morgan fingerprint density at radius 3 is 2.95 bits per heavy atom. The van der Waals surface area contributed by atoms with Crippen LogP contribution in [0.1, 0.15) is 25.3 Å². The van der Waals surface area contributed by atoms with Gasteiger partial charge in [-0.15, -0.1) is 0 Å². The zero-order chi connectivity index (χ0) is 15.4. The number of piperidine rings is 1. The number of nitrogens with zero attached hydrogens (tertiary/aromatic N) is 2. The summed E-state index contributed by atoms with van der Waals surface area (Å²) in [6.45, 7) is 3.35. The summed E-state index contributed by atoms with van der Waals surface area (Å²) in [6, 6.07) is 6.80. The third kappa shape index (κ3) is 4.01. The van der Waals surface area contributed by atoms with E-state index < -0.39 is 4.92 Å². The lowest BCUT2D eigenvalue weighted by molar-refractivity contribution is -0.384. The predicted molar refractivity (Wildman–Crippen MR) is 79.8 cm³/mol. The summed E-state index contributed by atoms with van der Waals surface area (Å²) in [5, 5.41) is 14.1. The van der Waals surface area contributed by atoms with Crippen LogP contribution in [0.5, 0.6) is 0 Å². The maximum atomic E-state index is 12.4. The molecule has 0 aromatic heterocycles. The monoisotopic (exact) mass is 291 g/mol. The van der Waals surface area contributed by atoms with Crippen molar-refractivity contribution >= 4 is 11.6 Å². The number of carbonyl (C=O) groups is 1. The van der Waals surface area contributed by atoms with Crippen molar-refractivity contribution in [2.24, 2.45) is 5.92 Å². The lowest BCUT2D eigenvalue weighted by Crippen LogP contribution is -2.42. The second-order valence-electron chi connectivity index (χ2n) is 5.70. The summed E-state index contributed by atoms with van der Waals surface area (Å²) < 4.78 is 0. The quantitative estimate of drug-likeness (QED) is 0.679. The fourth-order valence-corrected chi connectivity index (χ4v) is 2.79. The molecule has 0 bridgehead atoms. The second kappa shape index (κ2) is 6.67. The number of non-ortho nitro benzene ring substituents is 1. The summed E-state index contributed by atoms with van der Waals surface area (Å²) in [5.41, 5.74) is 0.839. The minimum absolute atomic E-state index is 0.0462. The Bertz CT molecular complexity index is 533. The van der Waals surface area contributed by atoms with E-state index in [0.717, 1.165) is 24.9 Å². The van der Waals surface area contributed by atoms with Gasteiger partial charge in [-0.1, -0.05) is 12.1 Å². The van der Waals surface area contributed by atoms with Gasteiger partial charge in [0.2, 0.25) is 5.91 Å². The molecule has 1 aliphatic rings. The minimum atomic E-state index is -0.417. The summed E-state index contributed by atoms with van der Waals surface area (Å²) in [5.74, 6) is 0.166. The van der Waals surface area contributed by atoms with Crippen LogP contribution in [-0.2, 0) is 11.3 Å². The van der Waals surface area contributed by atoms with Crippen molar-refractivity contribution in [3.8, 4) is 0 Å². The number of nitro benzene ring substituents is 1. The summed E-state index contributed by atoms with van der Waals surface area (Å²) in [7, 11) is 1.76. The Morgan fingerprint density at radius 1 is 1.52 bits per heavy atom. The van der Waals surface area contributed by atoms with Crippen LogP contribution in [0.2, 0.25) is 0 Å². The molecule has 0 saturated carbocycles. The average molecular weight is 291 g/mol. The summed E-state index contributed by atoms with van der Waals surface area (Å²) in [4.78, 5) is 24.5. The molecule has 114 valence electrons. The number of nitro groups is 1. The molecule has 1 aromatic rings. The SMILES string of the molecule is CC1CC(C(=O)N(C)Cc2cccc([N+](=O)[O-])c2)CCN1. The molecule has 1 fully saturated rings. The van der Waals surface area contributed by atoms with E-state index in [4.69, 9.17) is 0 Å². The lowest BCUT2D eigenvalue weighted by Gasteiger charge is -2.30. The van der Waals surface area contributed by atoms with Crippen LogP contribution >= 0.6 is 0 Å². The molecular weight excluding hydrogens is 270 g/mol. The third-order valence-electron chi connectivity index (χ3n) is 3.89. The molecule has 2 atom stereocenters. The summed E-state index contributed by atoms with van der Waals surface area (Å²) >= 11 is 0. The van der Waals surface area contributed by atoms with E-state index in [1.54, 1.807) is 18.0 Å². The van der Waals surface area contributed by atoms with Gasteiger partial charge in [-0.2, -0.15) is 0 Å². The van der Waals surface area contributed by atoms with Crippen molar-refractivity contribution in [1.82, 2.24) is 10.2 Å². The number of rotatable bonds is 4. The lowest BCUT2D eigenvalue weighted by atomic mass is 9.92. The number of carbonyl (C=O) groups excluding carboxylic acids is 1. The molecule has 2 unspecified atom stereocenters. The van der Waals surface area contributed by atoms with E-state index in [-0.39, 0.29) is 17.5 Å². The van der Waals surface area contributed by atoms with Crippen molar-refractivity contribution in [3.63, 3.8) is 0 Å². The zero-order valence-corrected chi connectivity index (χ0v) is 12.4. The molecular formula is C15H21N3O3. The Balaban J connectivity index is 2.00. The van der Waals surface area contributed by atoms with E-state index in [1.807, 2.05) is 6.07 Å². The predicted octanol–water partition coefficient (Wildman–Crippen LogP) is 1.94. The van der Waals surface area contributed by atoms with Crippen LogP contribution in [0, 0.1) is 16.0 Å². The Labute approximate surface area is 124 Å². The Kier molecular flexibility index (Phi) is 4.90. The molecule has 0 spiro atoms. The van der Waals surface area contributed by atoms with Crippen LogP contribution in [-0.4, -0.2) is 35.4 Å². The smallest absolute Gasteiger partial charge is 0.269 e. The van der Waals surface area contributed by atoms with Crippen molar-refractivity contribution in [2.45, 2.75) is 32.4 Å². The van der Waals surface area contributed by atoms with Gasteiger partial charge in [0.25, 0.3) is 5.69 Å². The number of amides is 1. The number of nitrogens with one attached hydrogen (secondary N) is 1. The second-order valence-corrected chi connectivity index (χ2v) is 5.70. The molecule has 6 nitrogen and oxygen atoms in total. The van der Waals surface area contributed by atoms with Crippen LogP contribution in [0.3, 0.4) is 0 Å². The number of hydrogen-bond acceptors (Lipinski definition) is 4. The molecule has 6 heteroatoms. The van der Waals surface area contributed by atoms with Gasteiger partial charge in [-0.25, -0.2) is 0 Å². The van der Waals surface area contributed by atoms with Crippen molar-refractivity contribution < 1.29 is 9.72 Å². The van der Waals surface area contributed by atoms with Gasteiger partial charge in [-0.3, -0.25) is 14.9 Å². The maximum absolute atomic E-state index is 12.4. The first-order chi connectivity index (χ1) is 9.97. The van der Waals surface area contributed by atoms with Crippen LogP contribution < -0.4 is 5.32 Å². The summed E-state index contributed by atoms with van der Waals surface area (Å²) in [6.07, 6.45) is 1.70. The first kappa shape index (κ1) is 15.4. The van der Waals surface area contributed by atoms with E-state index in [9.17, 15) is 14.9 Å². The normalized spacial score (nSPS) is 21.8. The molecule has 0 aliphatic carbocycles. The topological polar surface area (TPSA) is 75.5 Å². The molecule has 1 amide bonds. The van der Waals surface area contributed by atoms with Gasteiger partial charge >= 0.3 is 0 Å². The number of hydrogen-bond donors (Lipinski definition) is 1. The van der Waals surface area contributed by atoms with Crippen LogP contribution in [0.4, 0.5) is 5.69 Å². The highest BCUT2D eigenvalue weighted by Gasteiger charge is 2.27.